The zero-order valence-electron chi connectivity index (χ0n) is 9.55. The summed E-state index contributed by atoms with van der Waals surface area (Å²) >= 11 is 1.98. The van der Waals surface area contributed by atoms with Crippen molar-refractivity contribution in [2.75, 3.05) is 18.1 Å². The fourth-order valence-corrected chi connectivity index (χ4v) is 4.57. The van der Waals surface area contributed by atoms with Gasteiger partial charge < -0.3 is 10.8 Å². The summed E-state index contributed by atoms with van der Waals surface area (Å²) in [5.74, 6) is 2.32. The molecule has 1 aliphatic rings. The predicted molar refractivity (Wildman–Crippen MR) is 63.5 cm³/mol. The van der Waals surface area contributed by atoms with E-state index in [1.54, 1.807) is 0 Å². The van der Waals surface area contributed by atoms with Crippen LogP contribution in [0.3, 0.4) is 0 Å². The molecule has 0 aromatic carbocycles. The highest BCUT2D eigenvalue weighted by Gasteiger charge is 2.48. The van der Waals surface area contributed by atoms with Crippen molar-refractivity contribution in [3.63, 3.8) is 0 Å². The number of rotatable bonds is 3. The summed E-state index contributed by atoms with van der Waals surface area (Å²) in [5, 5.41) is 9.20. The molecule has 0 amide bonds. The highest BCUT2D eigenvalue weighted by atomic mass is 32.2. The summed E-state index contributed by atoms with van der Waals surface area (Å²) in [6.07, 6.45) is 2.05. The van der Waals surface area contributed by atoms with Gasteiger partial charge >= 0.3 is 0 Å². The van der Waals surface area contributed by atoms with Crippen molar-refractivity contribution in [3.05, 3.63) is 0 Å². The molecule has 2 atom stereocenters. The third kappa shape index (κ3) is 1.95. The van der Waals surface area contributed by atoms with Crippen molar-refractivity contribution >= 4 is 11.8 Å². The molecule has 0 aromatic heterocycles. The lowest BCUT2D eigenvalue weighted by atomic mass is 9.60. The Balaban J connectivity index is 2.92. The van der Waals surface area contributed by atoms with E-state index in [-0.39, 0.29) is 23.5 Å². The lowest BCUT2D eigenvalue weighted by molar-refractivity contribution is 0.0319. The molecule has 1 saturated heterocycles. The summed E-state index contributed by atoms with van der Waals surface area (Å²) in [5.41, 5.74) is 6.51. The van der Waals surface area contributed by atoms with Crippen LogP contribution in [0.25, 0.3) is 0 Å². The summed E-state index contributed by atoms with van der Waals surface area (Å²) < 4.78 is 0. The molecule has 84 valence electrons. The zero-order valence-corrected chi connectivity index (χ0v) is 10.4. The lowest BCUT2D eigenvalue weighted by Gasteiger charge is -2.52. The van der Waals surface area contributed by atoms with Gasteiger partial charge in [-0.15, -0.1) is 0 Å². The number of hydrogen-bond acceptors (Lipinski definition) is 3. The van der Waals surface area contributed by atoms with Crippen LogP contribution >= 0.6 is 11.8 Å². The average molecular weight is 217 g/mol. The van der Waals surface area contributed by atoms with Crippen molar-refractivity contribution in [1.29, 1.82) is 0 Å². The summed E-state index contributed by atoms with van der Waals surface area (Å²) in [6.45, 7) is 6.94. The van der Waals surface area contributed by atoms with E-state index in [0.29, 0.717) is 0 Å². The van der Waals surface area contributed by atoms with Gasteiger partial charge in [-0.2, -0.15) is 11.8 Å². The molecule has 3 heteroatoms. The monoisotopic (exact) mass is 217 g/mol. The van der Waals surface area contributed by atoms with Crippen LogP contribution in [0.15, 0.2) is 0 Å². The van der Waals surface area contributed by atoms with Gasteiger partial charge in [0.15, 0.2) is 0 Å². The van der Waals surface area contributed by atoms with Crippen molar-refractivity contribution in [3.8, 4) is 0 Å². The molecule has 14 heavy (non-hydrogen) atoms. The Morgan fingerprint density at radius 2 is 2.14 bits per heavy atom. The number of aliphatic hydroxyl groups excluding tert-OH is 1. The maximum absolute atomic E-state index is 9.20. The van der Waals surface area contributed by atoms with Crippen LogP contribution in [-0.4, -0.2) is 29.3 Å². The second-order valence-electron chi connectivity index (χ2n) is 5.10. The van der Waals surface area contributed by atoms with Gasteiger partial charge in [0.2, 0.25) is 0 Å². The Labute approximate surface area is 91.6 Å². The third-order valence-electron chi connectivity index (χ3n) is 4.01. The second-order valence-corrected chi connectivity index (χ2v) is 6.21. The van der Waals surface area contributed by atoms with Crippen LogP contribution in [0.2, 0.25) is 0 Å². The van der Waals surface area contributed by atoms with Gasteiger partial charge in [-0.1, -0.05) is 13.8 Å². The van der Waals surface area contributed by atoms with Crippen LogP contribution in [0.5, 0.6) is 0 Å². The highest BCUT2D eigenvalue weighted by molar-refractivity contribution is 7.99. The van der Waals surface area contributed by atoms with Crippen molar-refractivity contribution in [2.24, 2.45) is 16.6 Å². The topological polar surface area (TPSA) is 46.2 Å². The number of hydrogen-bond donors (Lipinski definition) is 2. The standard InChI is InChI=1S/C11H23NOS/c1-9(12)11(4-6-13)8-14-7-5-10(11,2)3/h9,13H,4-8,12H2,1-3H3. The Morgan fingerprint density at radius 1 is 1.50 bits per heavy atom. The SMILES string of the molecule is CC(N)C1(CCO)CSCCC1(C)C. The summed E-state index contributed by atoms with van der Waals surface area (Å²) in [7, 11) is 0. The minimum absolute atomic E-state index is 0.116. The molecule has 1 aliphatic heterocycles. The molecule has 0 spiro atoms. The molecule has 0 aromatic rings. The van der Waals surface area contributed by atoms with Crippen molar-refractivity contribution in [1.82, 2.24) is 0 Å². The summed E-state index contributed by atoms with van der Waals surface area (Å²) in [4.78, 5) is 0. The van der Waals surface area contributed by atoms with E-state index in [4.69, 9.17) is 5.73 Å². The second kappa shape index (κ2) is 4.42. The number of aliphatic hydroxyl groups is 1. The van der Waals surface area contributed by atoms with E-state index in [1.807, 2.05) is 11.8 Å². The van der Waals surface area contributed by atoms with Gasteiger partial charge in [0, 0.05) is 23.8 Å². The number of nitrogens with two attached hydrogens (primary N) is 1. The quantitative estimate of drug-likeness (QED) is 0.758. The van der Waals surface area contributed by atoms with Crippen molar-refractivity contribution < 1.29 is 5.11 Å². The first-order chi connectivity index (χ1) is 6.46. The summed E-state index contributed by atoms with van der Waals surface area (Å²) in [6, 6.07) is 0.164. The van der Waals surface area contributed by atoms with Crippen LogP contribution in [0, 0.1) is 10.8 Å². The fraction of sp³-hybridized carbons (Fsp3) is 1.00. The molecule has 1 fully saturated rings. The van der Waals surface area contributed by atoms with Gasteiger partial charge in [0.05, 0.1) is 0 Å². The van der Waals surface area contributed by atoms with Gasteiger partial charge in [0.1, 0.15) is 0 Å². The Bertz CT molecular complexity index is 190. The first-order valence-electron chi connectivity index (χ1n) is 5.40. The molecule has 2 unspecified atom stereocenters. The molecule has 1 rings (SSSR count). The van der Waals surface area contributed by atoms with Crippen LogP contribution < -0.4 is 5.73 Å². The largest absolute Gasteiger partial charge is 0.396 e. The molecule has 3 N–H and O–H groups in total. The Kier molecular flexibility index (Phi) is 3.89. The average Bonchev–Trinajstić information content (AvgIpc) is 2.08. The molecular formula is C11H23NOS. The smallest absolute Gasteiger partial charge is 0.0437 e. The molecular weight excluding hydrogens is 194 g/mol. The van der Waals surface area contributed by atoms with Gasteiger partial charge in [-0.3, -0.25) is 0 Å². The minimum Gasteiger partial charge on any atom is -0.396 e. The maximum atomic E-state index is 9.20. The highest BCUT2D eigenvalue weighted by Crippen LogP contribution is 2.52. The number of thioether (sulfide) groups is 1. The van der Waals surface area contributed by atoms with E-state index >= 15 is 0 Å². The predicted octanol–water partition coefficient (Wildman–Crippen LogP) is 1.87. The zero-order chi connectivity index (χ0) is 10.8. The van der Waals surface area contributed by atoms with Gasteiger partial charge in [0.25, 0.3) is 0 Å². The van der Waals surface area contributed by atoms with E-state index in [0.717, 1.165) is 12.2 Å². The van der Waals surface area contributed by atoms with Gasteiger partial charge in [-0.25, -0.2) is 0 Å². The van der Waals surface area contributed by atoms with Crippen molar-refractivity contribution in [2.45, 2.75) is 39.7 Å². The lowest BCUT2D eigenvalue weighted by Crippen LogP contribution is -2.54. The maximum Gasteiger partial charge on any atom is 0.0437 e. The van der Waals surface area contributed by atoms with E-state index in [2.05, 4.69) is 20.8 Å². The molecule has 2 nitrogen and oxygen atoms in total. The third-order valence-corrected chi connectivity index (χ3v) is 5.22. The van der Waals surface area contributed by atoms with Crippen LogP contribution in [0.4, 0.5) is 0 Å². The van der Waals surface area contributed by atoms with E-state index in [1.165, 1.54) is 12.2 Å². The van der Waals surface area contributed by atoms with Crippen LogP contribution in [-0.2, 0) is 0 Å². The van der Waals surface area contributed by atoms with E-state index in [9.17, 15) is 5.11 Å². The fourth-order valence-electron chi connectivity index (χ4n) is 2.61. The Hall–Kier alpha value is 0.270. The molecule has 0 bridgehead atoms. The van der Waals surface area contributed by atoms with Crippen LogP contribution in [0.1, 0.15) is 33.6 Å². The molecule has 0 aliphatic carbocycles. The minimum atomic E-state index is 0.116. The molecule has 0 radical (unpaired) electrons. The Morgan fingerprint density at radius 3 is 2.57 bits per heavy atom. The first-order valence-corrected chi connectivity index (χ1v) is 6.56. The van der Waals surface area contributed by atoms with E-state index < -0.39 is 0 Å². The molecule has 0 saturated carbocycles. The normalized spacial score (nSPS) is 34.1. The van der Waals surface area contributed by atoms with Gasteiger partial charge in [-0.05, 0) is 30.9 Å². The first kappa shape index (κ1) is 12.3. The molecule has 1 heterocycles.